The van der Waals surface area contributed by atoms with Crippen molar-refractivity contribution in [3.63, 3.8) is 0 Å². The first-order valence-corrected chi connectivity index (χ1v) is 10.2. The van der Waals surface area contributed by atoms with Gasteiger partial charge in [0.15, 0.2) is 0 Å². The molecule has 1 aliphatic carbocycles. The number of hydrogen-bond acceptors (Lipinski definition) is 5. The highest BCUT2D eigenvalue weighted by Gasteiger charge is 2.29. The maximum atomic E-state index is 12.0. The molecule has 2 aliphatic rings. The number of aryl methyl sites for hydroxylation is 1. The number of hydrogen-bond donors (Lipinski definition) is 0. The van der Waals surface area contributed by atoms with Crippen molar-refractivity contribution >= 4 is 6.09 Å². The number of pyridine rings is 1. The summed E-state index contributed by atoms with van der Waals surface area (Å²) in [6.07, 6.45) is 8.18. The monoisotopic (exact) mass is 376 g/mol. The normalized spacial score (nSPS) is 24.1. The lowest BCUT2D eigenvalue weighted by Crippen LogP contribution is -2.43. The van der Waals surface area contributed by atoms with E-state index in [0.717, 1.165) is 63.1 Å². The molecule has 0 unspecified atom stereocenters. The summed E-state index contributed by atoms with van der Waals surface area (Å²) in [5.74, 6) is 0.891. The SMILES string of the molecule is Cc1ncccc1OC1CCC(OC2CCN(C(=O)OC(C)C)CC2)CC1. The molecule has 150 valence electrons. The second kappa shape index (κ2) is 9.40. The van der Waals surface area contributed by atoms with Gasteiger partial charge in [0, 0.05) is 19.3 Å². The van der Waals surface area contributed by atoms with Gasteiger partial charge in [-0.25, -0.2) is 4.79 Å². The van der Waals surface area contributed by atoms with Crippen molar-refractivity contribution < 1.29 is 19.0 Å². The first-order chi connectivity index (χ1) is 13.0. The number of aromatic nitrogens is 1. The van der Waals surface area contributed by atoms with Crippen molar-refractivity contribution in [3.8, 4) is 5.75 Å². The first-order valence-electron chi connectivity index (χ1n) is 10.2. The van der Waals surface area contributed by atoms with E-state index in [2.05, 4.69) is 4.98 Å². The fraction of sp³-hybridized carbons (Fsp3) is 0.714. The van der Waals surface area contributed by atoms with E-state index in [1.165, 1.54) is 0 Å². The van der Waals surface area contributed by atoms with Gasteiger partial charge in [0.1, 0.15) is 5.75 Å². The van der Waals surface area contributed by atoms with E-state index < -0.39 is 0 Å². The van der Waals surface area contributed by atoms with Gasteiger partial charge in [-0.2, -0.15) is 0 Å². The van der Waals surface area contributed by atoms with E-state index in [1.807, 2.05) is 32.9 Å². The molecule has 1 aliphatic heterocycles. The van der Waals surface area contributed by atoms with Gasteiger partial charge in [-0.1, -0.05) is 0 Å². The van der Waals surface area contributed by atoms with E-state index in [-0.39, 0.29) is 24.4 Å². The molecule has 1 aromatic rings. The van der Waals surface area contributed by atoms with Crippen LogP contribution in [0, 0.1) is 6.92 Å². The molecule has 1 aromatic heterocycles. The molecule has 3 rings (SSSR count). The lowest BCUT2D eigenvalue weighted by atomic mass is 9.94. The summed E-state index contributed by atoms with van der Waals surface area (Å²) in [7, 11) is 0. The van der Waals surface area contributed by atoms with Crippen LogP contribution in [0.4, 0.5) is 4.79 Å². The first kappa shape index (κ1) is 19.9. The Kier molecular flexibility index (Phi) is 6.94. The third-order valence-corrected chi connectivity index (χ3v) is 5.29. The number of amides is 1. The van der Waals surface area contributed by atoms with Crippen LogP contribution in [0.15, 0.2) is 18.3 Å². The maximum Gasteiger partial charge on any atom is 0.410 e. The summed E-state index contributed by atoms with van der Waals surface area (Å²) in [5, 5.41) is 0. The van der Waals surface area contributed by atoms with E-state index in [1.54, 1.807) is 11.1 Å². The summed E-state index contributed by atoms with van der Waals surface area (Å²) in [5.41, 5.74) is 0.943. The molecular formula is C21H32N2O4. The van der Waals surface area contributed by atoms with Gasteiger partial charge in [-0.3, -0.25) is 4.98 Å². The van der Waals surface area contributed by atoms with Gasteiger partial charge >= 0.3 is 6.09 Å². The summed E-state index contributed by atoms with van der Waals surface area (Å²) in [4.78, 5) is 18.0. The van der Waals surface area contributed by atoms with Crippen LogP contribution in [0.1, 0.15) is 58.1 Å². The Bertz CT molecular complexity index is 606. The Morgan fingerprint density at radius 2 is 1.70 bits per heavy atom. The van der Waals surface area contributed by atoms with Crippen molar-refractivity contribution in [3.05, 3.63) is 24.0 Å². The molecule has 1 saturated heterocycles. The predicted molar refractivity (Wildman–Crippen MR) is 103 cm³/mol. The van der Waals surface area contributed by atoms with Crippen LogP contribution in [0.5, 0.6) is 5.75 Å². The molecule has 6 heteroatoms. The molecule has 0 aromatic carbocycles. The molecule has 1 amide bonds. The van der Waals surface area contributed by atoms with Crippen LogP contribution >= 0.6 is 0 Å². The zero-order valence-electron chi connectivity index (χ0n) is 16.7. The van der Waals surface area contributed by atoms with Gasteiger partial charge in [0.2, 0.25) is 0 Å². The smallest absolute Gasteiger partial charge is 0.410 e. The lowest BCUT2D eigenvalue weighted by Gasteiger charge is -2.36. The van der Waals surface area contributed by atoms with Crippen molar-refractivity contribution in [2.45, 2.75) is 83.7 Å². The van der Waals surface area contributed by atoms with E-state index in [0.29, 0.717) is 6.10 Å². The fourth-order valence-corrected chi connectivity index (χ4v) is 3.78. The zero-order valence-corrected chi connectivity index (χ0v) is 16.7. The molecule has 2 heterocycles. The van der Waals surface area contributed by atoms with E-state index >= 15 is 0 Å². The lowest BCUT2D eigenvalue weighted by molar-refractivity contribution is -0.0657. The molecule has 6 nitrogen and oxygen atoms in total. The molecule has 0 spiro atoms. The minimum atomic E-state index is -0.202. The second-order valence-electron chi connectivity index (χ2n) is 7.86. The summed E-state index contributed by atoms with van der Waals surface area (Å²) in [6.45, 7) is 7.17. The highest BCUT2D eigenvalue weighted by Crippen LogP contribution is 2.28. The van der Waals surface area contributed by atoms with E-state index in [4.69, 9.17) is 14.2 Å². The molecule has 27 heavy (non-hydrogen) atoms. The average molecular weight is 376 g/mol. The molecule has 1 saturated carbocycles. The van der Waals surface area contributed by atoms with Crippen molar-refractivity contribution in [1.82, 2.24) is 9.88 Å². The predicted octanol–water partition coefficient (Wildman–Crippen LogP) is 4.11. The van der Waals surface area contributed by atoms with Crippen LogP contribution in [0.2, 0.25) is 0 Å². The number of carbonyl (C=O) groups excluding carboxylic acids is 1. The quantitative estimate of drug-likeness (QED) is 0.774. The summed E-state index contributed by atoms with van der Waals surface area (Å²) < 4.78 is 17.7. The fourth-order valence-electron chi connectivity index (χ4n) is 3.78. The van der Waals surface area contributed by atoms with Crippen LogP contribution < -0.4 is 4.74 Å². The van der Waals surface area contributed by atoms with Crippen molar-refractivity contribution in [1.29, 1.82) is 0 Å². The molecule has 0 atom stereocenters. The van der Waals surface area contributed by atoms with Gasteiger partial charge < -0.3 is 19.1 Å². The number of likely N-dealkylation sites (tertiary alicyclic amines) is 1. The highest BCUT2D eigenvalue weighted by molar-refractivity contribution is 5.67. The summed E-state index contributed by atoms with van der Waals surface area (Å²) >= 11 is 0. The van der Waals surface area contributed by atoms with Gasteiger partial charge in [0.05, 0.1) is 30.1 Å². The average Bonchev–Trinajstić information content (AvgIpc) is 2.65. The maximum absolute atomic E-state index is 12.0. The number of rotatable bonds is 5. The van der Waals surface area contributed by atoms with Crippen molar-refractivity contribution in [2.24, 2.45) is 0 Å². The Labute approximate surface area is 162 Å². The third-order valence-electron chi connectivity index (χ3n) is 5.29. The third kappa shape index (κ3) is 5.83. The van der Waals surface area contributed by atoms with Gasteiger partial charge in [0.25, 0.3) is 0 Å². The number of piperidine rings is 1. The van der Waals surface area contributed by atoms with Gasteiger partial charge in [-0.15, -0.1) is 0 Å². The summed E-state index contributed by atoms with van der Waals surface area (Å²) in [6, 6.07) is 3.91. The standard InChI is InChI=1S/C21H32N2O4/c1-15(2)25-21(24)23-13-10-19(11-14-23)26-17-6-8-18(9-7-17)27-20-5-4-12-22-16(20)3/h4-5,12,15,17-19H,6-11,13-14H2,1-3H3. The Balaban J connectivity index is 1.36. The van der Waals surface area contributed by atoms with E-state index in [9.17, 15) is 4.79 Å². The Hall–Kier alpha value is -1.82. The van der Waals surface area contributed by atoms with Crippen LogP contribution in [0.25, 0.3) is 0 Å². The van der Waals surface area contributed by atoms with Gasteiger partial charge in [-0.05, 0) is 71.4 Å². The molecule has 0 N–H and O–H groups in total. The number of ether oxygens (including phenoxy) is 3. The van der Waals surface area contributed by atoms with Crippen LogP contribution in [-0.4, -0.2) is 53.5 Å². The molecule has 0 bridgehead atoms. The Morgan fingerprint density at radius 3 is 2.33 bits per heavy atom. The van der Waals surface area contributed by atoms with Crippen molar-refractivity contribution in [2.75, 3.05) is 13.1 Å². The Morgan fingerprint density at radius 1 is 1.07 bits per heavy atom. The topological polar surface area (TPSA) is 60.9 Å². The minimum absolute atomic E-state index is 0.0701. The molecule has 2 fully saturated rings. The second-order valence-corrected chi connectivity index (χ2v) is 7.86. The van der Waals surface area contributed by atoms with Crippen LogP contribution in [0.3, 0.4) is 0 Å². The highest BCUT2D eigenvalue weighted by atomic mass is 16.6. The van der Waals surface area contributed by atoms with Crippen LogP contribution in [-0.2, 0) is 9.47 Å². The minimum Gasteiger partial charge on any atom is -0.489 e. The number of carbonyl (C=O) groups is 1. The zero-order chi connectivity index (χ0) is 19.2. The molecular weight excluding hydrogens is 344 g/mol. The molecule has 0 radical (unpaired) electrons. The number of nitrogens with zero attached hydrogens (tertiary/aromatic N) is 2. The largest absolute Gasteiger partial charge is 0.489 e.